The summed E-state index contributed by atoms with van der Waals surface area (Å²) in [6.45, 7) is 2.03. The lowest BCUT2D eigenvalue weighted by Crippen LogP contribution is -2.02. The Morgan fingerprint density at radius 2 is 2.12 bits per heavy atom. The molecule has 1 aromatic carbocycles. The van der Waals surface area contributed by atoms with Gasteiger partial charge >= 0.3 is 0 Å². The van der Waals surface area contributed by atoms with Crippen LogP contribution in [0, 0.1) is 11.3 Å². The van der Waals surface area contributed by atoms with E-state index >= 15 is 0 Å². The van der Waals surface area contributed by atoms with Gasteiger partial charge in [0.15, 0.2) is 5.13 Å². The summed E-state index contributed by atoms with van der Waals surface area (Å²) in [6, 6.07) is 13.0. The van der Waals surface area contributed by atoms with Gasteiger partial charge in [-0.3, -0.25) is 4.79 Å². The molecule has 0 amide bonds. The first-order chi connectivity index (χ1) is 11.7. The predicted octanol–water partition coefficient (Wildman–Crippen LogP) is 3.95. The van der Waals surface area contributed by atoms with Crippen LogP contribution >= 0.6 is 11.3 Å². The highest BCUT2D eigenvalue weighted by molar-refractivity contribution is 7.17. The van der Waals surface area contributed by atoms with Crippen molar-refractivity contribution in [2.75, 3.05) is 5.32 Å². The molecule has 24 heavy (non-hydrogen) atoms. The highest BCUT2D eigenvalue weighted by Crippen LogP contribution is 2.25. The molecular formula is C18H14N4OS. The number of nitriles is 1. The third kappa shape index (κ3) is 3.31. The van der Waals surface area contributed by atoms with Crippen LogP contribution in [0.25, 0.3) is 0 Å². The topological polar surface area (TPSA) is 78.7 Å². The van der Waals surface area contributed by atoms with Gasteiger partial charge in [0.05, 0.1) is 11.1 Å². The molecule has 3 aromatic rings. The monoisotopic (exact) mass is 334 g/mol. The third-order valence-corrected chi connectivity index (χ3v) is 4.41. The molecule has 5 nitrogen and oxygen atoms in total. The summed E-state index contributed by atoms with van der Waals surface area (Å²) >= 11 is 1.29. The Morgan fingerprint density at radius 1 is 1.29 bits per heavy atom. The predicted molar refractivity (Wildman–Crippen MR) is 93.6 cm³/mol. The van der Waals surface area contributed by atoms with Crippen molar-refractivity contribution in [3.05, 3.63) is 70.5 Å². The summed E-state index contributed by atoms with van der Waals surface area (Å²) in [5.41, 5.74) is 2.78. The molecule has 0 bridgehead atoms. The first-order valence-electron chi connectivity index (χ1n) is 7.43. The van der Waals surface area contributed by atoms with Gasteiger partial charge in [0.1, 0.15) is 11.8 Å². The summed E-state index contributed by atoms with van der Waals surface area (Å²) in [4.78, 5) is 21.4. The Kier molecular flexibility index (Phi) is 4.64. The average molecular weight is 334 g/mol. The smallest absolute Gasteiger partial charge is 0.204 e. The second-order valence-corrected chi connectivity index (χ2v) is 6.07. The zero-order chi connectivity index (χ0) is 16.9. The van der Waals surface area contributed by atoms with Gasteiger partial charge in [-0.2, -0.15) is 5.26 Å². The van der Waals surface area contributed by atoms with Crippen molar-refractivity contribution in [3.63, 3.8) is 0 Å². The van der Waals surface area contributed by atoms with E-state index in [9.17, 15) is 4.79 Å². The number of aryl methyl sites for hydroxylation is 1. The molecule has 118 valence electrons. The molecule has 0 aliphatic carbocycles. The Balaban J connectivity index is 1.82. The number of nitrogens with one attached hydrogen (secondary N) is 1. The van der Waals surface area contributed by atoms with Crippen LogP contribution in [-0.4, -0.2) is 15.8 Å². The van der Waals surface area contributed by atoms with Crippen molar-refractivity contribution in [2.24, 2.45) is 0 Å². The Morgan fingerprint density at radius 3 is 2.92 bits per heavy atom. The van der Waals surface area contributed by atoms with Gasteiger partial charge in [-0.15, -0.1) is 0 Å². The maximum atomic E-state index is 12.7. The average Bonchev–Trinajstić information content (AvgIpc) is 3.09. The van der Waals surface area contributed by atoms with E-state index in [1.807, 2.05) is 37.3 Å². The molecule has 0 saturated heterocycles. The fourth-order valence-corrected chi connectivity index (χ4v) is 3.10. The van der Waals surface area contributed by atoms with Gasteiger partial charge < -0.3 is 5.32 Å². The SMILES string of the molecule is CCc1ccccc1C(=O)c1cnc(Nc2ccnc(C#N)c2)s1. The number of pyridine rings is 1. The van der Waals surface area contributed by atoms with E-state index in [-0.39, 0.29) is 5.78 Å². The summed E-state index contributed by atoms with van der Waals surface area (Å²) in [7, 11) is 0. The standard InChI is InChI=1S/C18H14N4OS/c1-2-12-5-3-4-6-15(12)17(23)16-11-21-18(24-16)22-13-7-8-20-14(9-13)10-19/h3-9,11H,2H2,1H3,(H,20,21,22). The second-order valence-electron chi connectivity index (χ2n) is 5.04. The van der Waals surface area contributed by atoms with E-state index in [2.05, 4.69) is 15.3 Å². The second kappa shape index (κ2) is 7.02. The molecular weight excluding hydrogens is 320 g/mol. The minimum Gasteiger partial charge on any atom is -0.331 e. The minimum atomic E-state index is -0.0227. The Labute approximate surface area is 143 Å². The molecule has 1 N–H and O–H groups in total. The van der Waals surface area contributed by atoms with Crippen molar-refractivity contribution in [1.29, 1.82) is 5.26 Å². The molecule has 2 aromatic heterocycles. The van der Waals surface area contributed by atoms with Gasteiger partial charge in [-0.25, -0.2) is 9.97 Å². The van der Waals surface area contributed by atoms with Crippen molar-refractivity contribution in [2.45, 2.75) is 13.3 Å². The maximum Gasteiger partial charge on any atom is 0.204 e. The molecule has 0 atom stereocenters. The quantitative estimate of drug-likeness (QED) is 0.715. The number of hydrogen-bond acceptors (Lipinski definition) is 6. The number of ketones is 1. The van der Waals surface area contributed by atoms with Gasteiger partial charge in [-0.05, 0) is 24.1 Å². The molecule has 0 spiro atoms. The molecule has 0 unspecified atom stereocenters. The third-order valence-electron chi connectivity index (χ3n) is 3.50. The first kappa shape index (κ1) is 15.8. The molecule has 0 radical (unpaired) electrons. The number of rotatable bonds is 5. The zero-order valence-electron chi connectivity index (χ0n) is 13.0. The lowest BCUT2D eigenvalue weighted by atomic mass is 10.0. The van der Waals surface area contributed by atoms with Crippen LogP contribution in [0.3, 0.4) is 0 Å². The van der Waals surface area contributed by atoms with Gasteiger partial charge in [0, 0.05) is 17.4 Å². The number of benzene rings is 1. The molecule has 0 fully saturated rings. The lowest BCUT2D eigenvalue weighted by Gasteiger charge is -2.04. The van der Waals surface area contributed by atoms with Crippen LogP contribution in [0.4, 0.5) is 10.8 Å². The molecule has 2 heterocycles. The number of nitrogens with zero attached hydrogens (tertiary/aromatic N) is 3. The summed E-state index contributed by atoms with van der Waals surface area (Å²) in [6.07, 6.45) is 3.94. The number of hydrogen-bond donors (Lipinski definition) is 1. The van der Waals surface area contributed by atoms with Gasteiger partial charge in [0.2, 0.25) is 5.78 Å². The van der Waals surface area contributed by atoms with Crippen LogP contribution in [-0.2, 0) is 6.42 Å². The van der Waals surface area contributed by atoms with E-state index in [0.717, 1.165) is 12.0 Å². The fraction of sp³-hybridized carbons (Fsp3) is 0.111. The number of thiazole rings is 1. The number of aromatic nitrogens is 2. The Hall–Kier alpha value is -3.04. The number of anilines is 2. The highest BCUT2D eigenvalue weighted by Gasteiger charge is 2.15. The largest absolute Gasteiger partial charge is 0.331 e. The van der Waals surface area contributed by atoms with Crippen LogP contribution in [0.5, 0.6) is 0 Å². The summed E-state index contributed by atoms with van der Waals surface area (Å²) in [5.74, 6) is -0.0227. The summed E-state index contributed by atoms with van der Waals surface area (Å²) in [5, 5.41) is 12.6. The van der Waals surface area contributed by atoms with Crippen LogP contribution in [0.1, 0.15) is 33.4 Å². The zero-order valence-corrected chi connectivity index (χ0v) is 13.8. The van der Waals surface area contributed by atoms with E-state index in [1.54, 1.807) is 24.5 Å². The van der Waals surface area contributed by atoms with E-state index in [0.29, 0.717) is 27.0 Å². The van der Waals surface area contributed by atoms with E-state index in [4.69, 9.17) is 5.26 Å². The molecule has 0 aliphatic heterocycles. The maximum absolute atomic E-state index is 12.7. The highest BCUT2D eigenvalue weighted by atomic mass is 32.1. The first-order valence-corrected chi connectivity index (χ1v) is 8.24. The normalized spacial score (nSPS) is 10.2. The van der Waals surface area contributed by atoms with Crippen LogP contribution in [0.2, 0.25) is 0 Å². The summed E-state index contributed by atoms with van der Waals surface area (Å²) < 4.78 is 0. The van der Waals surface area contributed by atoms with Crippen molar-refractivity contribution in [1.82, 2.24) is 9.97 Å². The van der Waals surface area contributed by atoms with E-state index in [1.165, 1.54) is 11.3 Å². The van der Waals surface area contributed by atoms with E-state index < -0.39 is 0 Å². The van der Waals surface area contributed by atoms with Crippen LogP contribution in [0.15, 0.2) is 48.8 Å². The number of carbonyl (C=O) groups excluding carboxylic acids is 1. The molecule has 6 heteroatoms. The Bertz CT molecular complexity index is 927. The molecule has 0 aliphatic rings. The van der Waals surface area contributed by atoms with Gasteiger partial charge in [-0.1, -0.05) is 42.5 Å². The van der Waals surface area contributed by atoms with Crippen molar-refractivity contribution < 1.29 is 4.79 Å². The molecule has 3 rings (SSSR count). The van der Waals surface area contributed by atoms with Gasteiger partial charge in [0.25, 0.3) is 0 Å². The number of carbonyl (C=O) groups is 1. The van der Waals surface area contributed by atoms with Crippen molar-refractivity contribution >= 4 is 27.9 Å². The van der Waals surface area contributed by atoms with Crippen LogP contribution < -0.4 is 5.32 Å². The molecule has 0 saturated carbocycles. The minimum absolute atomic E-state index is 0.0227. The van der Waals surface area contributed by atoms with Crippen molar-refractivity contribution in [3.8, 4) is 6.07 Å². The lowest BCUT2D eigenvalue weighted by molar-refractivity contribution is 0.104. The fourth-order valence-electron chi connectivity index (χ4n) is 2.31.